The van der Waals surface area contributed by atoms with E-state index < -0.39 is 11.7 Å². The van der Waals surface area contributed by atoms with Gasteiger partial charge in [-0.2, -0.15) is 13.2 Å². The van der Waals surface area contributed by atoms with Crippen LogP contribution in [0.15, 0.2) is 12.1 Å². The highest BCUT2D eigenvalue weighted by molar-refractivity contribution is 5.51. The van der Waals surface area contributed by atoms with Gasteiger partial charge in [0.15, 0.2) is 0 Å². The van der Waals surface area contributed by atoms with Crippen molar-refractivity contribution in [2.75, 3.05) is 30.4 Å². The molecule has 1 aliphatic carbocycles. The van der Waals surface area contributed by atoms with Gasteiger partial charge in [0.05, 0.1) is 5.56 Å². The second kappa shape index (κ2) is 5.89. The molecular weight excluding hydrogens is 267 g/mol. The van der Waals surface area contributed by atoms with E-state index in [4.69, 9.17) is 0 Å². The zero-order valence-corrected chi connectivity index (χ0v) is 11.8. The number of pyridine rings is 1. The van der Waals surface area contributed by atoms with E-state index in [0.29, 0.717) is 18.3 Å². The Bertz CT molecular complexity index is 455. The zero-order valence-electron chi connectivity index (χ0n) is 11.8. The van der Waals surface area contributed by atoms with Crippen molar-refractivity contribution in [3.63, 3.8) is 0 Å². The van der Waals surface area contributed by atoms with Gasteiger partial charge in [-0.05, 0) is 37.8 Å². The summed E-state index contributed by atoms with van der Waals surface area (Å²) < 4.78 is 38.8. The van der Waals surface area contributed by atoms with Gasteiger partial charge in [0.25, 0.3) is 0 Å². The zero-order chi connectivity index (χ0) is 14.8. The van der Waals surface area contributed by atoms with E-state index in [-0.39, 0.29) is 5.82 Å². The van der Waals surface area contributed by atoms with Crippen molar-refractivity contribution in [2.24, 2.45) is 5.92 Å². The van der Waals surface area contributed by atoms with Gasteiger partial charge in [-0.3, -0.25) is 0 Å². The number of halogens is 3. The Morgan fingerprint density at radius 1 is 1.35 bits per heavy atom. The van der Waals surface area contributed by atoms with Crippen LogP contribution >= 0.6 is 0 Å². The predicted octanol–water partition coefficient (Wildman–Crippen LogP) is 3.77. The Labute approximate surface area is 117 Å². The lowest BCUT2D eigenvalue weighted by molar-refractivity contribution is -0.137. The first-order chi connectivity index (χ1) is 9.40. The number of hydrogen-bond acceptors (Lipinski definition) is 3. The summed E-state index contributed by atoms with van der Waals surface area (Å²) in [7, 11) is 1.80. The highest BCUT2D eigenvalue weighted by Crippen LogP contribution is 2.34. The molecule has 1 fully saturated rings. The van der Waals surface area contributed by atoms with E-state index in [0.717, 1.165) is 31.5 Å². The minimum absolute atomic E-state index is 0.276. The largest absolute Gasteiger partial charge is 0.416 e. The molecule has 0 atom stereocenters. The smallest absolute Gasteiger partial charge is 0.370 e. The molecule has 0 amide bonds. The summed E-state index contributed by atoms with van der Waals surface area (Å²) in [6.07, 6.45) is -0.816. The Morgan fingerprint density at radius 3 is 2.55 bits per heavy atom. The fraction of sp³-hybridized carbons (Fsp3) is 0.643. The van der Waals surface area contributed by atoms with Crippen LogP contribution in [-0.2, 0) is 6.18 Å². The average molecular weight is 287 g/mol. The molecule has 0 radical (unpaired) electrons. The normalized spacial score (nSPS) is 15.8. The van der Waals surface area contributed by atoms with Crippen LogP contribution in [-0.4, -0.2) is 25.1 Å². The third-order valence-electron chi connectivity index (χ3n) is 3.64. The van der Waals surface area contributed by atoms with Gasteiger partial charge < -0.3 is 10.2 Å². The minimum atomic E-state index is -4.35. The topological polar surface area (TPSA) is 28.2 Å². The maximum absolute atomic E-state index is 12.9. The third kappa shape index (κ3) is 3.55. The number of anilines is 2. The van der Waals surface area contributed by atoms with Gasteiger partial charge in [-0.1, -0.05) is 6.42 Å². The molecule has 0 saturated heterocycles. The van der Waals surface area contributed by atoms with Crippen molar-refractivity contribution in [3.8, 4) is 0 Å². The molecule has 1 saturated carbocycles. The molecule has 20 heavy (non-hydrogen) atoms. The highest BCUT2D eigenvalue weighted by Gasteiger charge is 2.32. The minimum Gasteiger partial charge on any atom is -0.370 e. The number of nitrogens with zero attached hydrogens (tertiary/aromatic N) is 2. The first-order valence-electron chi connectivity index (χ1n) is 6.94. The Morgan fingerprint density at radius 2 is 2.05 bits per heavy atom. The van der Waals surface area contributed by atoms with Crippen molar-refractivity contribution in [3.05, 3.63) is 17.7 Å². The van der Waals surface area contributed by atoms with Crippen LogP contribution in [0.25, 0.3) is 0 Å². The number of nitrogens with one attached hydrogen (secondary N) is 1. The average Bonchev–Trinajstić information content (AvgIpc) is 2.32. The SMILES string of the molecule is CCNc1cc(C(F)(F)F)cc(N(C)CC2CCC2)n1. The summed E-state index contributed by atoms with van der Waals surface area (Å²) in [5.41, 5.74) is -0.654. The molecule has 0 unspecified atom stereocenters. The van der Waals surface area contributed by atoms with E-state index in [2.05, 4.69) is 10.3 Å². The van der Waals surface area contributed by atoms with Crippen molar-refractivity contribution < 1.29 is 13.2 Å². The van der Waals surface area contributed by atoms with Crippen LogP contribution in [0, 0.1) is 5.92 Å². The quantitative estimate of drug-likeness (QED) is 0.893. The molecule has 0 aliphatic heterocycles. The summed E-state index contributed by atoms with van der Waals surface area (Å²) >= 11 is 0. The van der Waals surface area contributed by atoms with E-state index >= 15 is 0 Å². The van der Waals surface area contributed by atoms with Crippen molar-refractivity contribution in [2.45, 2.75) is 32.4 Å². The molecule has 6 heteroatoms. The van der Waals surface area contributed by atoms with Gasteiger partial charge in [-0.15, -0.1) is 0 Å². The lowest BCUT2D eigenvalue weighted by Gasteiger charge is -2.31. The second-order valence-electron chi connectivity index (χ2n) is 5.30. The summed E-state index contributed by atoms with van der Waals surface area (Å²) in [4.78, 5) is 6.08. The maximum Gasteiger partial charge on any atom is 0.416 e. The van der Waals surface area contributed by atoms with Crippen molar-refractivity contribution in [1.29, 1.82) is 0 Å². The van der Waals surface area contributed by atoms with E-state index in [9.17, 15) is 13.2 Å². The molecular formula is C14H20F3N3. The molecule has 1 aromatic heterocycles. The summed E-state index contributed by atoms with van der Waals surface area (Å²) in [5, 5.41) is 2.86. The monoisotopic (exact) mass is 287 g/mol. The number of hydrogen-bond donors (Lipinski definition) is 1. The molecule has 1 N–H and O–H groups in total. The Balaban J connectivity index is 2.23. The van der Waals surface area contributed by atoms with Crippen LogP contribution in [0.3, 0.4) is 0 Å². The van der Waals surface area contributed by atoms with Gasteiger partial charge in [0.2, 0.25) is 0 Å². The van der Waals surface area contributed by atoms with Crippen LogP contribution < -0.4 is 10.2 Å². The second-order valence-corrected chi connectivity index (χ2v) is 5.30. The molecule has 0 spiro atoms. The van der Waals surface area contributed by atoms with Gasteiger partial charge in [-0.25, -0.2) is 4.98 Å². The summed E-state index contributed by atoms with van der Waals surface area (Å²) in [6, 6.07) is 2.18. The van der Waals surface area contributed by atoms with Gasteiger partial charge in [0, 0.05) is 20.1 Å². The molecule has 1 aliphatic rings. The first kappa shape index (κ1) is 14.9. The predicted molar refractivity (Wildman–Crippen MR) is 74.0 cm³/mol. The lowest BCUT2D eigenvalue weighted by atomic mass is 9.85. The molecule has 1 aromatic rings. The first-order valence-corrected chi connectivity index (χ1v) is 6.94. The van der Waals surface area contributed by atoms with Crippen molar-refractivity contribution in [1.82, 2.24) is 4.98 Å². The van der Waals surface area contributed by atoms with Gasteiger partial charge >= 0.3 is 6.18 Å². The van der Waals surface area contributed by atoms with Crippen LogP contribution in [0.2, 0.25) is 0 Å². The molecule has 0 aromatic carbocycles. The lowest BCUT2D eigenvalue weighted by Crippen LogP contribution is -2.30. The molecule has 1 heterocycles. The maximum atomic E-state index is 12.9. The number of aromatic nitrogens is 1. The Kier molecular flexibility index (Phi) is 4.40. The fourth-order valence-corrected chi connectivity index (χ4v) is 2.30. The van der Waals surface area contributed by atoms with Crippen molar-refractivity contribution >= 4 is 11.6 Å². The third-order valence-corrected chi connectivity index (χ3v) is 3.64. The summed E-state index contributed by atoms with van der Waals surface area (Å²) in [6.45, 7) is 3.14. The summed E-state index contributed by atoms with van der Waals surface area (Å²) in [5.74, 6) is 1.24. The fourth-order valence-electron chi connectivity index (χ4n) is 2.30. The van der Waals surface area contributed by atoms with Crippen LogP contribution in [0.5, 0.6) is 0 Å². The van der Waals surface area contributed by atoms with Crippen LogP contribution in [0.1, 0.15) is 31.7 Å². The van der Waals surface area contributed by atoms with Gasteiger partial charge in [0.1, 0.15) is 11.6 Å². The number of alkyl halides is 3. The Hall–Kier alpha value is -1.46. The highest BCUT2D eigenvalue weighted by atomic mass is 19.4. The molecule has 2 rings (SSSR count). The number of rotatable bonds is 5. The van der Waals surface area contributed by atoms with E-state index in [1.807, 2.05) is 11.8 Å². The standard InChI is InChI=1S/C14H20F3N3/c1-3-18-12-7-11(14(15,16)17)8-13(19-12)20(2)9-10-5-4-6-10/h7-8,10H,3-6,9H2,1-2H3,(H,18,19). The van der Waals surface area contributed by atoms with Crippen LogP contribution in [0.4, 0.5) is 24.8 Å². The molecule has 3 nitrogen and oxygen atoms in total. The molecule has 0 bridgehead atoms. The van der Waals surface area contributed by atoms with E-state index in [1.54, 1.807) is 7.05 Å². The van der Waals surface area contributed by atoms with E-state index in [1.165, 1.54) is 6.42 Å². The molecule has 112 valence electrons.